The van der Waals surface area contributed by atoms with E-state index in [2.05, 4.69) is 12.6 Å². The number of carboxylic acid groups (broad SMARTS) is 1. The van der Waals surface area contributed by atoms with E-state index >= 15 is 0 Å². The van der Waals surface area contributed by atoms with Crippen molar-refractivity contribution in [1.82, 2.24) is 0 Å². The molecule has 64 valence electrons. The van der Waals surface area contributed by atoms with Gasteiger partial charge in [-0.25, -0.2) is 0 Å². The first kappa shape index (κ1) is 8.93. The number of phenols is 1. The van der Waals surface area contributed by atoms with Crippen LogP contribution in [0.25, 0.3) is 0 Å². The van der Waals surface area contributed by atoms with Crippen LogP contribution in [0.3, 0.4) is 0 Å². The molecule has 0 radical (unpaired) electrons. The van der Waals surface area contributed by atoms with Gasteiger partial charge >= 0.3 is 5.97 Å². The molecule has 3 nitrogen and oxygen atoms in total. The van der Waals surface area contributed by atoms with Gasteiger partial charge in [0.15, 0.2) is 0 Å². The molecule has 0 bridgehead atoms. The minimum atomic E-state index is -0.906. The first-order chi connectivity index (χ1) is 5.59. The van der Waals surface area contributed by atoms with Gasteiger partial charge < -0.3 is 10.2 Å². The summed E-state index contributed by atoms with van der Waals surface area (Å²) in [5, 5.41) is 17.4. The summed E-state index contributed by atoms with van der Waals surface area (Å²) < 4.78 is 0. The lowest BCUT2D eigenvalue weighted by molar-refractivity contribution is -0.136. The van der Waals surface area contributed by atoms with E-state index in [4.69, 9.17) is 10.2 Å². The Labute approximate surface area is 75.1 Å². The van der Waals surface area contributed by atoms with Crippen molar-refractivity contribution in [2.24, 2.45) is 0 Å². The van der Waals surface area contributed by atoms with Crippen molar-refractivity contribution in [3.05, 3.63) is 23.8 Å². The lowest BCUT2D eigenvalue weighted by atomic mass is 10.1. The molecule has 1 aromatic carbocycles. The van der Waals surface area contributed by atoms with Crippen LogP contribution in [-0.2, 0) is 11.2 Å². The van der Waals surface area contributed by atoms with Crippen molar-refractivity contribution in [1.29, 1.82) is 0 Å². The molecular weight excluding hydrogens is 176 g/mol. The number of aromatic hydroxyl groups is 1. The summed E-state index contributed by atoms with van der Waals surface area (Å²) in [5.74, 6) is -0.815. The van der Waals surface area contributed by atoms with Crippen LogP contribution in [0.1, 0.15) is 5.56 Å². The van der Waals surface area contributed by atoms with Gasteiger partial charge in [-0.1, -0.05) is 6.07 Å². The smallest absolute Gasteiger partial charge is 0.307 e. The van der Waals surface area contributed by atoms with Crippen molar-refractivity contribution in [2.75, 3.05) is 0 Å². The van der Waals surface area contributed by atoms with E-state index in [0.717, 1.165) is 0 Å². The fourth-order valence-electron chi connectivity index (χ4n) is 0.865. The molecule has 0 spiro atoms. The van der Waals surface area contributed by atoms with E-state index < -0.39 is 5.97 Å². The first-order valence-corrected chi connectivity index (χ1v) is 3.77. The summed E-state index contributed by atoms with van der Waals surface area (Å²) in [6.07, 6.45) is -0.0703. The van der Waals surface area contributed by atoms with Crippen LogP contribution in [0.4, 0.5) is 0 Å². The van der Waals surface area contributed by atoms with Gasteiger partial charge in [-0.3, -0.25) is 4.79 Å². The molecule has 0 aliphatic rings. The van der Waals surface area contributed by atoms with Crippen LogP contribution in [-0.4, -0.2) is 16.2 Å². The van der Waals surface area contributed by atoms with Gasteiger partial charge in [0.25, 0.3) is 0 Å². The Morgan fingerprint density at radius 2 is 2.17 bits per heavy atom. The third kappa shape index (κ3) is 2.17. The Morgan fingerprint density at radius 1 is 1.50 bits per heavy atom. The predicted molar refractivity (Wildman–Crippen MR) is 46.7 cm³/mol. The summed E-state index contributed by atoms with van der Waals surface area (Å²) in [7, 11) is 0. The maximum absolute atomic E-state index is 10.3. The SMILES string of the molecule is O=C(O)Cc1ccc(O)cc1S. The number of rotatable bonds is 2. The highest BCUT2D eigenvalue weighted by Crippen LogP contribution is 2.20. The summed E-state index contributed by atoms with van der Waals surface area (Å²) in [4.78, 5) is 10.8. The van der Waals surface area contributed by atoms with Crippen LogP contribution in [0.15, 0.2) is 23.1 Å². The van der Waals surface area contributed by atoms with Crippen molar-refractivity contribution in [3.8, 4) is 5.75 Å². The zero-order valence-corrected chi connectivity index (χ0v) is 7.08. The number of carboxylic acids is 1. The van der Waals surface area contributed by atoms with Crippen molar-refractivity contribution < 1.29 is 15.0 Å². The molecule has 0 unspecified atom stereocenters. The standard InChI is InChI=1S/C8H8O3S/c9-6-2-1-5(3-8(10)11)7(12)4-6/h1-2,4,9,12H,3H2,(H,10,11). The van der Waals surface area contributed by atoms with Gasteiger partial charge in [0.05, 0.1) is 6.42 Å². The second kappa shape index (κ2) is 3.49. The molecular formula is C8H8O3S. The molecule has 0 saturated carbocycles. The second-order valence-corrected chi connectivity index (χ2v) is 2.87. The fraction of sp³-hybridized carbons (Fsp3) is 0.125. The third-order valence-electron chi connectivity index (χ3n) is 1.41. The number of hydrogen-bond acceptors (Lipinski definition) is 3. The molecule has 0 saturated heterocycles. The number of carbonyl (C=O) groups is 1. The topological polar surface area (TPSA) is 57.5 Å². The average Bonchev–Trinajstić information content (AvgIpc) is 1.94. The minimum Gasteiger partial charge on any atom is -0.508 e. The summed E-state index contributed by atoms with van der Waals surface area (Å²) in [6.45, 7) is 0. The largest absolute Gasteiger partial charge is 0.508 e. The molecule has 0 atom stereocenters. The Balaban J connectivity index is 2.93. The molecule has 0 aliphatic carbocycles. The van der Waals surface area contributed by atoms with Crippen molar-refractivity contribution in [3.63, 3.8) is 0 Å². The highest BCUT2D eigenvalue weighted by Gasteiger charge is 2.04. The maximum atomic E-state index is 10.3. The zero-order valence-electron chi connectivity index (χ0n) is 6.19. The third-order valence-corrected chi connectivity index (χ3v) is 1.83. The minimum absolute atomic E-state index is 0.0703. The number of benzene rings is 1. The number of hydrogen-bond donors (Lipinski definition) is 3. The lowest BCUT2D eigenvalue weighted by Gasteiger charge is -2.01. The van der Waals surface area contributed by atoms with E-state index in [1.807, 2.05) is 0 Å². The van der Waals surface area contributed by atoms with Crippen molar-refractivity contribution in [2.45, 2.75) is 11.3 Å². The van der Waals surface area contributed by atoms with E-state index in [1.54, 1.807) is 6.07 Å². The molecule has 0 amide bonds. The molecule has 1 aromatic rings. The van der Waals surface area contributed by atoms with E-state index in [9.17, 15) is 4.79 Å². The Kier molecular flexibility index (Phi) is 2.60. The molecule has 1 rings (SSSR count). The van der Waals surface area contributed by atoms with E-state index in [-0.39, 0.29) is 12.2 Å². The molecule has 0 aliphatic heterocycles. The lowest BCUT2D eigenvalue weighted by Crippen LogP contribution is -2.00. The van der Waals surface area contributed by atoms with Crippen LogP contribution in [0.2, 0.25) is 0 Å². The molecule has 0 fully saturated rings. The van der Waals surface area contributed by atoms with Crippen LogP contribution in [0.5, 0.6) is 5.75 Å². The predicted octanol–water partition coefficient (Wildman–Crippen LogP) is 1.31. The molecule has 12 heavy (non-hydrogen) atoms. The van der Waals surface area contributed by atoms with Gasteiger partial charge in [0, 0.05) is 4.90 Å². The van der Waals surface area contributed by atoms with E-state index in [1.165, 1.54) is 12.1 Å². The Morgan fingerprint density at radius 3 is 2.67 bits per heavy atom. The molecule has 0 aromatic heterocycles. The molecule has 4 heteroatoms. The monoisotopic (exact) mass is 184 g/mol. The quantitative estimate of drug-likeness (QED) is 0.607. The highest BCUT2D eigenvalue weighted by atomic mass is 32.1. The van der Waals surface area contributed by atoms with Crippen LogP contribution >= 0.6 is 12.6 Å². The molecule has 2 N–H and O–H groups in total. The number of phenolic OH excluding ortho intramolecular Hbond substituents is 1. The van der Waals surface area contributed by atoms with Gasteiger partial charge in [0.2, 0.25) is 0 Å². The van der Waals surface area contributed by atoms with Gasteiger partial charge in [-0.05, 0) is 17.7 Å². The Bertz CT molecular complexity index is 309. The second-order valence-electron chi connectivity index (χ2n) is 2.38. The summed E-state index contributed by atoms with van der Waals surface area (Å²) in [6, 6.07) is 4.41. The normalized spacial score (nSPS) is 9.75. The molecule has 0 heterocycles. The average molecular weight is 184 g/mol. The fourth-order valence-corrected chi connectivity index (χ4v) is 1.15. The van der Waals surface area contributed by atoms with Gasteiger partial charge in [-0.2, -0.15) is 0 Å². The van der Waals surface area contributed by atoms with Crippen LogP contribution in [0, 0.1) is 0 Å². The van der Waals surface area contributed by atoms with E-state index in [0.29, 0.717) is 10.5 Å². The van der Waals surface area contributed by atoms with Crippen molar-refractivity contribution >= 4 is 18.6 Å². The van der Waals surface area contributed by atoms with Crippen LogP contribution < -0.4 is 0 Å². The maximum Gasteiger partial charge on any atom is 0.307 e. The number of thiol groups is 1. The van der Waals surface area contributed by atoms with Gasteiger partial charge in [0.1, 0.15) is 5.75 Å². The highest BCUT2D eigenvalue weighted by molar-refractivity contribution is 7.80. The zero-order chi connectivity index (χ0) is 9.14. The summed E-state index contributed by atoms with van der Waals surface area (Å²) in [5.41, 5.74) is 0.601. The summed E-state index contributed by atoms with van der Waals surface area (Å²) >= 11 is 4.02. The Hall–Kier alpha value is -1.16. The number of aliphatic carboxylic acids is 1. The first-order valence-electron chi connectivity index (χ1n) is 3.32. The van der Waals surface area contributed by atoms with Gasteiger partial charge in [-0.15, -0.1) is 12.6 Å².